The van der Waals surface area contributed by atoms with Crippen LogP contribution < -0.4 is 5.32 Å². The Balaban J connectivity index is 3.21. The van der Waals surface area contributed by atoms with Crippen LogP contribution in [0.15, 0.2) is 0 Å². The van der Waals surface area contributed by atoms with Crippen LogP contribution in [0, 0.1) is 10.8 Å². The minimum atomic E-state index is -0.414. The molecule has 156 valence electrons. The van der Waals surface area contributed by atoms with Crippen LogP contribution in [0.2, 0.25) is 0 Å². The molecule has 0 aliphatic carbocycles. The average molecular weight is 378 g/mol. The quantitative estimate of drug-likeness (QED) is 0.469. The Morgan fingerprint density at radius 2 is 1.08 bits per heavy atom. The number of hydrogen-bond donors (Lipinski definition) is 1. The largest absolute Gasteiger partial charge is 0.449 e. The molecule has 1 amide bonds. The number of carbonyl (C=O) groups excluding carboxylic acids is 1. The van der Waals surface area contributed by atoms with Gasteiger partial charge in [-0.2, -0.15) is 0 Å². The van der Waals surface area contributed by atoms with E-state index in [0.717, 1.165) is 6.61 Å². The monoisotopic (exact) mass is 377 g/mol. The van der Waals surface area contributed by atoms with Gasteiger partial charge in [-0.3, -0.25) is 0 Å². The minimum absolute atomic E-state index is 0.0334. The lowest BCUT2D eigenvalue weighted by molar-refractivity contribution is -0.0107. The Bertz CT molecular complexity index is 349. The van der Waals surface area contributed by atoms with Crippen LogP contribution in [0.5, 0.6) is 0 Å². The van der Waals surface area contributed by atoms with Crippen molar-refractivity contribution in [2.75, 3.05) is 66.0 Å². The summed E-state index contributed by atoms with van der Waals surface area (Å²) in [7, 11) is 0. The first-order chi connectivity index (χ1) is 12.1. The van der Waals surface area contributed by atoms with Crippen LogP contribution in [0.4, 0.5) is 4.79 Å². The van der Waals surface area contributed by atoms with Crippen molar-refractivity contribution in [3.63, 3.8) is 0 Å². The van der Waals surface area contributed by atoms with Gasteiger partial charge >= 0.3 is 6.09 Å². The predicted molar refractivity (Wildman–Crippen MR) is 102 cm³/mol. The van der Waals surface area contributed by atoms with Crippen molar-refractivity contribution in [3.8, 4) is 0 Å². The van der Waals surface area contributed by atoms with E-state index in [-0.39, 0.29) is 10.8 Å². The van der Waals surface area contributed by atoms with Crippen LogP contribution in [0.3, 0.4) is 0 Å². The summed E-state index contributed by atoms with van der Waals surface area (Å²) in [4.78, 5) is 11.4. The minimum Gasteiger partial charge on any atom is -0.449 e. The van der Waals surface area contributed by atoms with E-state index < -0.39 is 6.09 Å². The number of ether oxygens (including phenoxy) is 5. The van der Waals surface area contributed by atoms with E-state index in [9.17, 15) is 4.79 Å². The molecule has 0 spiro atoms. The molecule has 0 rings (SSSR count). The van der Waals surface area contributed by atoms with E-state index in [0.29, 0.717) is 59.4 Å². The molecule has 1 N–H and O–H groups in total. The molecule has 0 aliphatic heterocycles. The molecule has 0 fully saturated rings. The van der Waals surface area contributed by atoms with Crippen molar-refractivity contribution in [2.45, 2.75) is 41.5 Å². The molecule has 0 saturated carbocycles. The van der Waals surface area contributed by atoms with Crippen LogP contribution in [0.25, 0.3) is 0 Å². The topological polar surface area (TPSA) is 75.3 Å². The Labute approximate surface area is 159 Å². The summed E-state index contributed by atoms with van der Waals surface area (Å²) >= 11 is 0. The maximum absolute atomic E-state index is 11.4. The van der Waals surface area contributed by atoms with E-state index >= 15 is 0 Å². The zero-order chi connectivity index (χ0) is 19.9. The lowest BCUT2D eigenvalue weighted by atomic mass is 9.99. The van der Waals surface area contributed by atoms with Crippen molar-refractivity contribution in [1.82, 2.24) is 5.32 Å². The van der Waals surface area contributed by atoms with E-state index in [4.69, 9.17) is 23.7 Å². The van der Waals surface area contributed by atoms with Gasteiger partial charge in [-0.05, 0) is 10.8 Å². The van der Waals surface area contributed by atoms with Gasteiger partial charge in [0.05, 0.1) is 59.5 Å². The standard InChI is InChI=1S/C19H39NO6/c1-18(2,3)15-25-14-13-24-12-11-23-10-9-22-8-7-20-17(21)26-16-19(4,5)6/h7-16H2,1-6H3,(H,20,21). The third kappa shape index (κ3) is 21.2. The van der Waals surface area contributed by atoms with E-state index in [1.165, 1.54) is 0 Å². The second-order valence-corrected chi connectivity index (χ2v) is 8.51. The Morgan fingerprint density at radius 3 is 1.54 bits per heavy atom. The fraction of sp³-hybridized carbons (Fsp3) is 0.947. The smallest absolute Gasteiger partial charge is 0.407 e. The first kappa shape index (κ1) is 25.1. The fourth-order valence-electron chi connectivity index (χ4n) is 1.60. The average Bonchev–Trinajstić information content (AvgIpc) is 2.51. The second kappa shape index (κ2) is 14.2. The molecule has 0 heterocycles. The first-order valence-corrected chi connectivity index (χ1v) is 9.32. The van der Waals surface area contributed by atoms with Gasteiger partial charge in [-0.25, -0.2) is 4.79 Å². The zero-order valence-electron chi connectivity index (χ0n) is 17.5. The van der Waals surface area contributed by atoms with E-state index in [1.807, 2.05) is 20.8 Å². The van der Waals surface area contributed by atoms with Crippen molar-refractivity contribution in [1.29, 1.82) is 0 Å². The molecule has 0 atom stereocenters. The van der Waals surface area contributed by atoms with Crippen molar-refractivity contribution >= 4 is 6.09 Å². The normalized spacial score (nSPS) is 12.2. The maximum Gasteiger partial charge on any atom is 0.407 e. The maximum atomic E-state index is 11.4. The fourth-order valence-corrected chi connectivity index (χ4v) is 1.60. The van der Waals surface area contributed by atoms with Gasteiger partial charge in [0.1, 0.15) is 0 Å². The number of amides is 1. The lowest BCUT2D eigenvalue weighted by Gasteiger charge is -2.18. The van der Waals surface area contributed by atoms with Crippen LogP contribution >= 0.6 is 0 Å². The van der Waals surface area contributed by atoms with Crippen LogP contribution in [0.1, 0.15) is 41.5 Å². The molecule has 0 bridgehead atoms. The Morgan fingerprint density at radius 1 is 0.654 bits per heavy atom. The van der Waals surface area contributed by atoms with Crippen LogP contribution in [-0.2, 0) is 23.7 Å². The number of rotatable bonds is 14. The highest BCUT2D eigenvalue weighted by molar-refractivity contribution is 5.67. The van der Waals surface area contributed by atoms with Gasteiger partial charge in [0.25, 0.3) is 0 Å². The summed E-state index contributed by atoms with van der Waals surface area (Å²) < 4.78 is 26.8. The molecule has 0 aromatic rings. The summed E-state index contributed by atoms with van der Waals surface area (Å²) in [6.45, 7) is 17.6. The van der Waals surface area contributed by atoms with Gasteiger partial charge in [0, 0.05) is 6.54 Å². The molecule has 0 aliphatic rings. The molecular formula is C19H39NO6. The van der Waals surface area contributed by atoms with Crippen molar-refractivity contribution in [3.05, 3.63) is 0 Å². The van der Waals surface area contributed by atoms with Gasteiger partial charge in [-0.15, -0.1) is 0 Å². The number of carbonyl (C=O) groups is 1. The molecule has 7 nitrogen and oxygen atoms in total. The van der Waals surface area contributed by atoms with Gasteiger partial charge in [0.2, 0.25) is 0 Å². The molecule has 0 unspecified atom stereocenters. The van der Waals surface area contributed by atoms with Crippen LogP contribution in [-0.4, -0.2) is 72.1 Å². The van der Waals surface area contributed by atoms with Gasteiger partial charge in [0.15, 0.2) is 0 Å². The predicted octanol–water partition coefficient (Wildman–Crippen LogP) is 2.87. The molecule has 7 heteroatoms. The molecule has 26 heavy (non-hydrogen) atoms. The Kier molecular flexibility index (Phi) is 13.7. The number of hydrogen-bond acceptors (Lipinski definition) is 6. The Hall–Kier alpha value is -0.890. The summed E-state index contributed by atoms with van der Waals surface area (Å²) in [6.07, 6.45) is -0.414. The van der Waals surface area contributed by atoms with Crippen molar-refractivity contribution in [2.24, 2.45) is 10.8 Å². The summed E-state index contributed by atoms with van der Waals surface area (Å²) in [6, 6.07) is 0. The molecule has 0 aromatic heterocycles. The SMILES string of the molecule is CC(C)(C)COCCOCCOCCOCCNC(=O)OCC(C)(C)C. The first-order valence-electron chi connectivity index (χ1n) is 9.32. The highest BCUT2D eigenvalue weighted by atomic mass is 16.6. The third-order valence-electron chi connectivity index (χ3n) is 2.80. The van der Waals surface area contributed by atoms with Gasteiger partial charge < -0.3 is 29.0 Å². The second-order valence-electron chi connectivity index (χ2n) is 8.51. The number of alkyl carbamates (subject to hydrolysis) is 1. The highest BCUT2D eigenvalue weighted by Crippen LogP contribution is 2.13. The van der Waals surface area contributed by atoms with E-state index in [2.05, 4.69) is 26.1 Å². The molecular weight excluding hydrogens is 338 g/mol. The molecule has 0 aromatic carbocycles. The van der Waals surface area contributed by atoms with Crippen molar-refractivity contribution < 1.29 is 28.5 Å². The summed E-state index contributed by atoms with van der Waals surface area (Å²) in [5.41, 5.74) is 0.152. The zero-order valence-corrected chi connectivity index (χ0v) is 17.5. The summed E-state index contributed by atoms with van der Waals surface area (Å²) in [5, 5.41) is 2.64. The highest BCUT2D eigenvalue weighted by Gasteiger charge is 2.13. The molecule has 0 saturated heterocycles. The van der Waals surface area contributed by atoms with E-state index in [1.54, 1.807) is 0 Å². The van der Waals surface area contributed by atoms with Gasteiger partial charge in [-0.1, -0.05) is 41.5 Å². The molecule has 0 radical (unpaired) electrons. The summed E-state index contributed by atoms with van der Waals surface area (Å²) in [5.74, 6) is 0. The number of nitrogens with one attached hydrogen (secondary N) is 1. The third-order valence-corrected chi connectivity index (χ3v) is 2.80. The lowest BCUT2D eigenvalue weighted by Crippen LogP contribution is -2.30.